The minimum absolute atomic E-state index is 0.0693. The van der Waals surface area contributed by atoms with Crippen LogP contribution in [0, 0.1) is 12.3 Å². The van der Waals surface area contributed by atoms with Crippen molar-refractivity contribution in [3.05, 3.63) is 16.1 Å². The van der Waals surface area contributed by atoms with Gasteiger partial charge in [0.05, 0.1) is 22.8 Å². The SMILES string of the molecule is CC(=O)N1CC2(CCN(Cc3scnc3C)CC2)CC(O)C1(C)C. The lowest BCUT2D eigenvalue weighted by Gasteiger charge is -2.55. The molecule has 2 aliphatic heterocycles. The maximum Gasteiger partial charge on any atom is 0.219 e. The quantitative estimate of drug-likeness (QED) is 0.889. The summed E-state index contributed by atoms with van der Waals surface area (Å²) >= 11 is 1.73. The van der Waals surface area contributed by atoms with Crippen LogP contribution in [0.25, 0.3) is 0 Å². The van der Waals surface area contributed by atoms with Crippen molar-refractivity contribution in [3.63, 3.8) is 0 Å². The Morgan fingerprint density at radius 2 is 2.08 bits per heavy atom. The van der Waals surface area contributed by atoms with E-state index in [0.717, 1.165) is 51.1 Å². The summed E-state index contributed by atoms with van der Waals surface area (Å²) in [5, 5.41) is 10.7. The predicted octanol–water partition coefficient (Wildman–Crippen LogP) is 2.43. The van der Waals surface area contributed by atoms with Crippen molar-refractivity contribution in [3.8, 4) is 0 Å². The Morgan fingerprint density at radius 1 is 1.42 bits per heavy atom. The molecule has 0 radical (unpaired) electrons. The second-order valence-corrected chi connectivity index (χ2v) is 9.06. The smallest absolute Gasteiger partial charge is 0.219 e. The molecule has 0 aliphatic carbocycles. The first-order valence-corrected chi connectivity index (χ1v) is 9.69. The van der Waals surface area contributed by atoms with Crippen LogP contribution < -0.4 is 0 Å². The lowest BCUT2D eigenvalue weighted by molar-refractivity contribution is -0.157. The van der Waals surface area contributed by atoms with E-state index in [1.807, 2.05) is 24.3 Å². The van der Waals surface area contributed by atoms with Crippen molar-refractivity contribution in [2.24, 2.45) is 5.41 Å². The summed E-state index contributed by atoms with van der Waals surface area (Å²) in [7, 11) is 0. The Kier molecular flexibility index (Phi) is 4.75. The maximum absolute atomic E-state index is 12.1. The van der Waals surface area contributed by atoms with Gasteiger partial charge in [0.2, 0.25) is 5.91 Å². The van der Waals surface area contributed by atoms with Crippen LogP contribution in [0.4, 0.5) is 0 Å². The topological polar surface area (TPSA) is 56.7 Å². The van der Waals surface area contributed by atoms with Crippen molar-refractivity contribution < 1.29 is 9.90 Å². The molecular formula is C18H29N3O2S. The lowest BCUT2D eigenvalue weighted by atomic mass is 9.67. The first kappa shape index (κ1) is 17.8. The maximum atomic E-state index is 12.1. The minimum Gasteiger partial charge on any atom is -0.391 e. The summed E-state index contributed by atoms with van der Waals surface area (Å²) in [6.45, 7) is 11.4. The van der Waals surface area contributed by atoms with E-state index < -0.39 is 11.6 Å². The zero-order valence-corrected chi connectivity index (χ0v) is 16.0. The van der Waals surface area contributed by atoms with Gasteiger partial charge in [-0.1, -0.05) is 0 Å². The Morgan fingerprint density at radius 3 is 2.62 bits per heavy atom. The molecule has 2 aliphatic rings. The number of thiazole rings is 1. The highest BCUT2D eigenvalue weighted by atomic mass is 32.1. The average Bonchev–Trinajstić information content (AvgIpc) is 2.91. The first-order valence-electron chi connectivity index (χ1n) is 8.81. The van der Waals surface area contributed by atoms with Gasteiger partial charge in [-0.15, -0.1) is 11.3 Å². The van der Waals surface area contributed by atoms with Crippen LogP contribution in [0.1, 0.15) is 50.6 Å². The minimum atomic E-state index is -0.464. The van der Waals surface area contributed by atoms with Crippen LogP contribution in [0.15, 0.2) is 5.51 Å². The summed E-state index contributed by atoms with van der Waals surface area (Å²) in [4.78, 5) is 22.2. The number of hydrogen-bond acceptors (Lipinski definition) is 5. The van der Waals surface area contributed by atoms with E-state index >= 15 is 0 Å². The molecule has 1 atom stereocenters. The van der Waals surface area contributed by atoms with Crippen molar-refractivity contribution >= 4 is 17.2 Å². The van der Waals surface area contributed by atoms with E-state index in [-0.39, 0.29) is 11.3 Å². The van der Waals surface area contributed by atoms with Crippen molar-refractivity contribution in [1.29, 1.82) is 0 Å². The van der Waals surface area contributed by atoms with Gasteiger partial charge in [-0.3, -0.25) is 9.69 Å². The zero-order valence-electron chi connectivity index (χ0n) is 15.2. The third-order valence-corrected chi connectivity index (χ3v) is 7.06. The van der Waals surface area contributed by atoms with Crippen LogP contribution in [-0.4, -0.2) is 57.1 Å². The number of hydrogen-bond donors (Lipinski definition) is 1. The highest BCUT2D eigenvalue weighted by Gasteiger charge is 2.50. The number of piperidine rings is 2. The normalized spacial score (nSPS) is 26.7. The summed E-state index contributed by atoms with van der Waals surface area (Å²) in [5.41, 5.74) is 2.66. The third-order valence-electron chi connectivity index (χ3n) is 6.14. The molecule has 5 nitrogen and oxygen atoms in total. The van der Waals surface area contributed by atoms with Crippen LogP contribution in [0.5, 0.6) is 0 Å². The van der Waals surface area contributed by atoms with Gasteiger partial charge in [0.25, 0.3) is 0 Å². The number of amides is 1. The van der Waals surface area contributed by atoms with Gasteiger partial charge in [-0.2, -0.15) is 0 Å². The highest BCUT2D eigenvalue weighted by Crippen LogP contribution is 2.45. The lowest BCUT2D eigenvalue weighted by Crippen LogP contribution is -2.64. The number of aromatic nitrogens is 1. The largest absolute Gasteiger partial charge is 0.391 e. The third kappa shape index (κ3) is 3.24. The molecule has 3 heterocycles. The van der Waals surface area contributed by atoms with E-state index in [0.29, 0.717) is 0 Å². The van der Waals surface area contributed by atoms with Crippen molar-refractivity contribution in [2.45, 2.75) is 65.1 Å². The molecule has 24 heavy (non-hydrogen) atoms. The van der Waals surface area contributed by atoms with Gasteiger partial charge in [0.15, 0.2) is 0 Å². The number of aliphatic hydroxyl groups is 1. The van der Waals surface area contributed by atoms with E-state index in [9.17, 15) is 9.90 Å². The van der Waals surface area contributed by atoms with Crippen LogP contribution >= 0.6 is 11.3 Å². The van der Waals surface area contributed by atoms with Gasteiger partial charge < -0.3 is 10.0 Å². The molecule has 3 rings (SSSR count). The van der Waals surface area contributed by atoms with Gasteiger partial charge in [0, 0.05) is 24.9 Å². The first-order chi connectivity index (χ1) is 11.2. The average molecular weight is 352 g/mol. The fourth-order valence-electron chi connectivity index (χ4n) is 4.19. The molecule has 2 fully saturated rings. The van der Waals surface area contributed by atoms with E-state index in [2.05, 4.69) is 16.8 Å². The molecule has 1 aromatic heterocycles. The summed E-state index contributed by atoms with van der Waals surface area (Å²) in [5.74, 6) is 0.0702. The number of carbonyl (C=O) groups is 1. The van der Waals surface area contributed by atoms with Crippen molar-refractivity contribution in [2.75, 3.05) is 19.6 Å². The number of likely N-dealkylation sites (tertiary alicyclic amines) is 2. The molecule has 2 saturated heterocycles. The monoisotopic (exact) mass is 351 g/mol. The molecule has 1 aromatic rings. The molecular weight excluding hydrogens is 322 g/mol. The Balaban J connectivity index is 1.66. The van der Waals surface area contributed by atoms with Crippen LogP contribution in [-0.2, 0) is 11.3 Å². The number of carbonyl (C=O) groups excluding carboxylic acids is 1. The molecule has 0 bridgehead atoms. The Labute approximate surface area is 148 Å². The molecule has 1 amide bonds. The van der Waals surface area contributed by atoms with Gasteiger partial charge in [-0.25, -0.2) is 4.98 Å². The molecule has 1 N–H and O–H groups in total. The van der Waals surface area contributed by atoms with Gasteiger partial charge in [-0.05, 0) is 58.5 Å². The molecule has 0 saturated carbocycles. The van der Waals surface area contributed by atoms with Crippen molar-refractivity contribution in [1.82, 2.24) is 14.8 Å². The summed E-state index contributed by atoms with van der Waals surface area (Å²) in [6, 6.07) is 0. The summed E-state index contributed by atoms with van der Waals surface area (Å²) in [6.07, 6.45) is 2.44. The Bertz CT molecular complexity index is 605. The summed E-state index contributed by atoms with van der Waals surface area (Å²) < 4.78 is 0. The second-order valence-electron chi connectivity index (χ2n) is 8.12. The fraction of sp³-hybridized carbons (Fsp3) is 0.778. The Hall–Kier alpha value is -0.980. The molecule has 0 aromatic carbocycles. The molecule has 6 heteroatoms. The fourth-order valence-corrected chi connectivity index (χ4v) is 5.01. The number of rotatable bonds is 2. The van der Waals surface area contributed by atoms with Crippen LogP contribution in [0.3, 0.4) is 0 Å². The van der Waals surface area contributed by atoms with Gasteiger partial charge >= 0.3 is 0 Å². The number of nitrogens with zero attached hydrogens (tertiary/aromatic N) is 3. The number of aryl methyl sites for hydroxylation is 1. The zero-order chi connectivity index (χ0) is 17.5. The van der Waals surface area contributed by atoms with E-state index in [4.69, 9.17) is 0 Å². The number of aliphatic hydroxyl groups excluding tert-OH is 1. The predicted molar refractivity (Wildman–Crippen MR) is 95.9 cm³/mol. The standard InChI is InChI=1S/C18H29N3O2S/c1-13-15(24-12-19-13)10-20-7-5-18(6-8-20)9-16(23)17(3,4)21(11-18)14(2)22/h12,16,23H,5-11H2,1-4H3. The highest BCUT2D eigenvalue weighted by molar-refractivity contribution is 7.09. The van der Waals surface area contributed by atoms with E-state index in [1.54, 1.807) is 18.3 Å². The van der Waals surface area contributed by atoms with Crippen LogP contribution in [0.2, 0.25) is 0 Å². The van der Waals surface area contributed by atoms with Gasteiger partial charge in [0.1, 0.15) is 0 Å². The molecule has 1 spiro atoms. The van der Waals surface area contributed by atoms with E-state index in [1.165, 1.54) is 4.88 Å². The molecule has 1 unspecified atom stereocenters. The second kappa shape index (κ2) is 6.39. The molecule has 134 valence electrons.